The van der Waals surface area contributed by atoms with Gasteiger partial charge in [-0.2, -0.15) is 0 Å². The van der Waals surface area contributed by atoms with E-state index in [1.807, 2.05) is 86.6 Å². The van der Waals surface area contributed by atoms with Gasteiger partial charge in [-0.3, -0.25) is 14.4 Å². The van der Waals surface area contributed by atoms with Crippen LogP contribution in [0.25, 0.3) is 21.8 Å². The molecule has 0 saturated carbocycles. The number of thioether (sulfide) groups is 1. The summed E-state index contributed by atoms with van der Waals surface area (Å²) in [6, 6.07) is 27.9. The molecular weight excluding hydrogens is 606 g/mol. The average molecular weight is 640 g/mol. The van der Waals surface area contributed by atoms with Crippen molar-refractivity contribution in [2.45, 2.75) is 38.6 Å². The molecule has 9 heteroatoms. The van der Waals surface area contributed by atoms with Crippen LogP contribution in [0.3, 0.4) is 0 Å². The molecule has 0 bridgehead atoms. The second-order valence-corrected chi connectivity index (χ2v) is 12.0. The predicted molar refractivity (Wildman–Crippen MR) is 183 cm³/mol. The lowest BCUT2D eigenvalue weighted by Crippen LogP contribution is -2.30. The van der Waals surface area contributed by atoms with Gasteiger partial charge in [0.05, 0.1) is 0 Å². The molecule has 0 radical (unpaired) electrons. The van der Waals surface area contributed by atoms with Crippen LogP contribution in [0.5, 0.6) is 0 Å². The highest BCUT2D eigenvalue weighted by molar-refractivity contribution is 7.99. The van der Waals surface area contributed by atoms with Crippen LogP contribution in [0.4, 0.5) is 4.79 Å². The lowest BCUT2D eigenvalue weighted by molar-refractivity contribution is 0.102. The molecule has 4 aromatic carbocycles. The van der Waals surface area contributed by atoms with Crippen LogP contribution in [0.15, 0.2) is 101 Å². The molecule has 0 aliphatic rings. The molecule has 1 aromatic heterocycles. The van der Waals surface area contributed by atoms with E-state index in [-0.39, 0.29) is 23.7 Å². The predicted octanol–water partition coefficient (Wildman–Crippen LogP) is 8.90. The standard InChI is InChI=1S/C36H34ClN3O4S/c1-4-39(5-2)36(43)44-38-31(20-21-45-28-16-14-27(37)15-17-28)35(42)26-13-19-33-30(23-26)29-22-25(12-18-32(29)40(33)6-3)34(41)24-10-8-7-9-11-24/h7-19,22-23H,4-6,20-21H2,1-3H3/b38-31+. The van der Waals surface area contributed by atoms with E-state index in [4.69, 9.17) is 16.4 Å². The summed E-state index contributed by atoms with van der Waals surface area (Å²) in [4.78, 5) is 47.6. The quantitative estimate of drug-likeness (QED) is 0.0448. The van der Waals surface area contributed by atoms with Crippen LogP contribution in [-0.4, -0.2) is 51.7 Å². The Hall–Kier alpha value is -4.40. The van der Waals surface area contributed by atoms with Gasteiger partial charge >= 0.3 is 6.09 Å². The molecule has 5 aromatic rings. The maximum atomic E-state index is 13.9. The molecule has 0 fully saturated rings. The number of aryl methyl sites for hydroxylation is 1. The van der Waals surface area contributed by atoms with Gasteiger partial charge < -0.3 is 9.47 Å². The monoisotopic (exact) mass is 639 g/mol. The zero-order valence-corrected chi connectivity index (χ0v) is 27.0. The minimum absolute atomic E-state index is 0.0650. The number of ketones is 2. The second kappa shape index (κ2) is 14.6. The first-order valence-electron chi connectivity index (χ1n) is 15.0. The van der Waals surface area contributed by atoms with Crippen molar-refractivity contribution in [3.05, 3.63) is 113 Å². The molecule has 230 valence electrons. The molecule has 0 spiro atoms. The van der Waals surface area contributed by atoms with E-state index >= 15 is 0 Å². The lowest BCUT2D eigenvalue weighted by atomic mass is 9.99. The van der Waals surface area contributed by atoms with Gasteiger partial charge in [-0.15, -0.1) is 11.8 Å². The summed E-state index contributed by atoms with van der Waals surface area (Å²) in [5.41, 5.74) is 3.69. The summed E-state index contributed by atoms with van der Waals surface area (Å²) in [6.07, 6.45) is -0.324. The van der Waals surface area contributed by atoms with Gasteiger partial charge in [0.25, 0.3) is 0 Å². The molecule has 0 aliphatic carbocycles. The number of benzene rings is 4. The summed E-state index contributed by atoms with van der Waals surface area (Å²) in [6.45, 7) is 7.42. The van der Waals surface area contributed by atoms with Crippen LogP contribution in [0, 0.1) is 0 Å². The molecular formula is C36H34ClN3O4S. The molecule has 1 amide bonds. The van der Waals surface area contributed by atoms with Gasteiger partial charge in [0.1, 0.15) is 5.71 Å². The number of hydrogen-bond donors (Lipinski definition) is 0. The number of hydrogen-bond acceptors (Lipinski definition) is 6. The van der Waals surface area contributed by atoms with Crippen LogP contribution >= 0.6 is 23.4 Å². The fourth-order valence-corrected chi connectivity index (χ4v) is 6.27. The average Bonchev–Trinajstić information content (AvgIpc) is 3.39. The SMILES string of the molecule is CCN(CC)C(=O)O/N=C(\CCSc1ccc(Cl)cc1)C(=O)c1ccc2c(c1)c1cc(C(=O)c3ccccc3)ccc1n2CC. The first-order chi connectivity index (χ1) is 21.8. The van der Waals surface area contributed by atoms with Crippen molar-refractivity contribution in [2.24, 2.45) is 5.16 Å². The molecule has 0 unspecified atom stereocenters. The van der Waals surface area contributed by atoms with E-state index in [0.717, 1.165) is 33.2 Å². The number of fused-ring (bicyclic) bond motifs is 3. The molecule has 1 heterocycles. The smallest absolute Gasteiger partial charge is 0.341 e. The van der Waals surface area contributed by atoms with E-state index < -0.39 is 6.09 Å². The summed E-state index contributed by atoms with van der Waals surface area (Å²) < 4.78 is 2.17. The molecule has 45 heavy (non-hydrogen) atoms. The maximum Gasteiger partial charge on any atom is 0.435 e. The van der Waals surface area contributed by atoms with E-state index in [1.165, 1.54) is 4.90 Å². The number of halogens is 1. The van der Waals surface area contributed by atoms with Crippen LogP contribution < -0.4 is 0 Å². The van der Waals surface area contributed by atoms with Crippen molar-refractivity contribution >= 4 is 68.5 Å². The number of oxime groups is 1. The Bertz CT molecular complexity index is 1880. The third kappa shape index (κ3) is 7.13. The number of amides is 1. The Morgan fingerprint density at radius 2 is 1.42 bits per heavy atom. The molecule has 7 nitrogen and oxygen atoms in total. The highest BCUT2D eigenvalue weighted by atomic mass is 35.5. The van der Waals surface area contributed by atoms with Crippen LogP contribution in [0.2, 0.25) is 5.02 Å². The molecule has 0 atom stereocenters. The largest absolute Gasteiger partial charge is 0.435 e. The number of nitrogens with zero attached hydrogens (tertiary/aromatic N) is 3. The Kier molecular flexibility index (Phi) is 10.4. The van der Waals surface area contributed by atoms with Gasteiger partial charge in [0, 0.05) is 80.2 Å². The topological polar surface area (TPSA) is 81.0 Å². The first kappa shape index (κ1) is 32.0. The number of Topliss-reactive ketones (excluding diaryl/α,β-unsaturated/α-hetero) is 1. The highest BCUT2D eigenvalue weighted by Crippen LogP contribution is 2.32. The number of aromatic nitrogens is 1. The zero-order chi connectivity index (χ0) is 31.9. The van der Waals surface area contributed by atoms with E-state index in [0.29, 0.717) is 40.6 Å². The van der Waals surface area contributed by atoms with Crippen molar-refractivity contribution in [1.82, 2.24) is 9.47 Å². The third-order valence-electron chi connectivity index (χ3n) is 7.68. The Morgan fingerprint density at radius 1 is 0.800 bits per heavy atom. The van der Waals surface area contributed by atoms with Gasteiger partial charge in [0.15, 0.2) is 5.78 Å². The van der Waals surface area contributed by atoms with Crippen molar-refractivity contribution in [3.8, 4) is 0 Å². The minimum Gasteiger partial charge on any atom is -0.341 e. The summed E-state index contributed by atoms with van der Waals surface area (Å²) >= 11 is 7.58. The lowest BCUT2D eigenvalue weighted by Gasteiger charge is -2.15. The zero-order valence-electron chi connectivity index (χ0n) is 25.5. The van der Waals surface area contributed by atoms with Crippen LogP contribution in [0.1, 0.15) is 53.5 Å². The first-order valence-corrected chi connectivity index (χ1v) is 16.3. The van der Waals surface area contributed by atoms with Crippen molar-refractivity contribution in [2.75, 3.05) is 18.8 Å². The van der Waals surface area contributed by atoms with E-state index in [1.54, 1.807) is 30.0 Å². The molecule has 0 N–H and O–H groups in total. The fourth-order valence-electron chi connectivity index (χ4n) is 5.28. The van der Waals surface area contributed by atoms with E-state index in [2.05, 4.69) is 16.6 Å². The Labute approximate surface area is 271 Å². The Balaban J connectivity index is 1.50. The third-order valence-corrected chi connectivity index (χ3v) is 8.95. The van der Waals surface area contributed by atoms with Gasteiger partial charge in [-0.25, -0.2) is 4.79 Å². The highest BCUT2D eigenvalue weighted by Gasteiger charge is 2.21. The number of rotatable bonds is 12. The maximum absolute atomic E-state index is 13.9. The number of carbonyl (C=O) groups is 3. The summed E-state index contributed by atoms with van der Waals surface area (Å²) in [5.74, 6) is 0.150. The second-order valence-electron chi connectivity index (χ2n) is 10.4. The van der Waals surface area contributed by atoms with Gasteiger partial charge in [0.2, 0.25) is 5.78 Å². The summed E-state index contributed by atoms with van der Waals surface area (Å²) in [7, 11) is 0. The molecule has 0 saturated heterocycles. The van der Waals surface area contributed by atoms with Crippen molar-refractivity contribution in [3.63, 3.8) is 0 Å². The normalized spacial score (nSPS) is 11.6. The van der Waals surface area contributed by atoms with Crippen molar-refractivity contribution < 1.29 is 19.2 Å². The van der Waals surface area contributed by atoms with Crippen molar-refractivity contribution in [1.29, 1.82) is 0 Å². The number of carbonyl (C=O) groups excluding carboxylic acids is 3. The van der Waals surface area contributed by atoms with Gasteiger partial charge in [-0.1, -0.05) is 47.1 Å². The molecule has 5 rings (SSSR count). The summed E-state index contributed by atoms with van der Waals surface area (Å²) in [5, 5.41) is 6.48. The van der Waals surface area contributed by atoms with E-state index in [9.17, 15) is 14.4 Å². The molecule has 0 aliphatic heterocycles. The van der Waals surface area contributed by atoms with Gasteiger partial charge in [-0.05, 0) is 81.4 Å². The van der Waals surface area contributed by atoms with Crippen LogP contribution in [-0.2, 0) is 11.4 Å². The minimum atomic E-state index is -0.604. The Morgan fingerprint density at radius 3 is 2.04 bits per heavy atom. The fraction of sp³-hybridized carbons (Fsp3) is 0.222.